The van der Waals surface area contributed by atoms with E-state index in [1.165, 1.54) is 6.07 Å². The Balaban J connectivity index is 1.47. The highest BCUT2D eigenvalue weighted by Gasteiger charge is 2.40. The molecule has 1 aliphatic rings. The first-order chi connectivity index (χ1) is 11.7. The fourth-order valence-electron chi connectivity index (χ4n) is 2.88. The predicted molar refractivity (Wildman–Crippen MR) is 91.4 cm³/mol. The third-order valence-electron chi connectivity index (χ3n) is 4.30. The van der Waals surface area contributed by atoms with Crippen LogP contribution >= 0.6 is 0 Å². The molecule has 2 atom stereocenters. The van der Waals surface area contributed by atoms with Crippen LogP contribution in [-0.2, 0) is 13.0 Å². The molecule has 7 heteroatoms. The number of nitrogens with zero attached hydrogens (tertiary/aromatic N) is 4. The maximum Gasteiger partial charge on any atom is 0.191 e. The minimum atomic E-state index is -0.130. The van der Waals surface area contributed by atoms with Crippen molar-refractivity contribution in [1.82, 2.24) is 25.4 Å². The van der Waals surface area contributed by atoms with Crippen molar-refractivity contribution < 1.29 is 4.39 Å². The second kappa shape index (κ2) is 7.42. The molecule has 0 aliphatic heterocycles. The molecule has 0 saturated heterocycles. The molecule has 0 amide bonds. The number of aliphatic imine (C=N–C) groups is 1. The van der Waals surface area contributed by atoms with Crippen molar-refractivity contribution in [2.75, 3.05) is 13.6 Å². The van der Waals surface area contributed by atoms with E-state index in [0.29, 0.717) is 0 Å². The summed E-state index contributed by atoms with van der Waals surface area (Å²) in [6, 6.07) is 7.21. The van der Waals surface area contributed by atoms with Crippen LogP contribution in [0.3, 0.4) is 0 Å². The van der Waals surface area contributed by atoms with Gasteiger partial charge < -0.3 is 15.2 Å². The van der Waals surface area contributed by atoms with Crippen molar-refractivity contribution in [2.45, 2.75) is 38.3 Å². The van der Waals surface area contributed by atoms with Crippen molar-refractivity contribution in [3.63, 3.8) is 0 Å². The third kappa shape index (κ3) is 3.72. The lowest BCUT2D eigenvalue weighted by Gasteiger charge is -2.13. The summed E-state index contributed by atoms with van der Waals surface area (Å²) in [6.07, 6.45) is 3.53. The first-order valence-corrected chi connectivity index (χ1v) is 8.31. The van der Waals surface area contributed by atoms with Gasteiger partial charge in [0, 0.05) is 38.5 Å². The monoisotopic (exact) mass is 330 g/mol. The number of aromatic nitrogens is 3. The van der Waals surface area contributed by atoms with Gasteiger partial charge in [0.25, 0.3) is 0 Å². The van der Waals surface area contributed by atoms with Gasteiger partial charge in [-0.2, -0.15) is 0 Å². The number of rotatable bonds is 6. The van der Waals surface area contributed by atoms with E-state index in [1.54, 1.807) is 19.4 Å². The van der Waals surface area contributed by atoms with Crippen LogP contribution in [0.25, 0.3) is 0 Å². The molecule has 1 aromatic heterocycles. The van der Waals surface area contributed by atoms with Crippen LogP contribution in [0, 0.1) is 5.82 Å². The molecule has 3 rings (SSSR count). The van der Waals surface area contributed by atoms with Crippen molar-refractivity contribution >= 4 is 5.96 Å². The maximum atomic E-state index is 13.8. The van der Waals surface area contributed by atoms with Gasteiger partial charge in [0.1, 0.15) is 18.0 Å². The normalized spacial score (nSPS) is 20.0. The van der Waals surface area contributed by atoms with Gasteiger partial charge in [0.05, 0.1) is 0 Å². The number of hydrogen-bond acceptors (Lipinski definition) is 3. The van der Waals surface area contributed by atoms with E-state index in [-0.39, 0.29) is 17.8 Å². The van der Waals surface area contributed by atoms with Crippen molar-refractivity contribution in [3.8, 4) is 0 Å². The summed E-state index contributed by atoms with van der Waals surface area (Å²) in [5.41, 5.74) is 0.780. The van der Waals surface area contributed by atoms with Gasteiger partial charge in [0.2, 0.25) is 0 Å². The lowest BCUT2D eigenvalue weighted by molar-refractivity contribution is 0.606. The summed E-state index contributed by atoms with van der Waals surface area (Å²) in [7, 11) is 1.74. The van der Waals surface area contributed by atoms with Gasteiger partial charge in [-0.3, -0.25) is 4.99 Å². The quantitative estimate of drug-likeness (QED) is 0.625. The number of aryl methyl sites for hydroxylation is 1. The van der Waals surface area contributed by atoms with E-state index in [1.807, 2.05) is 16.7 Å². The molecule has 24 heavy (non-hydrogen) atoms. The largest absolute Gasteiger partial charge is 0.355 e. The van der Waals surface area contributed by atoms with Crippen LogP contribution in [0.4, 0.5) is 4.39 Å². The summed E-state index contributed by atoms with van der Waals surface area (Å²) < 4.78 is 15.8. The van der Waals surface area contributed by atoms with E-state index in [2.05, 4.69) is 32.7 Å². The van der Waals surface area contributed by atoms with Crippen LogP contribution in [0.1, 0.15) is 30.7 Å². The van der Waals surface area contributed by atoms with Gasteiger partial charge in [0.15, 0.2) is 5.96 Å². The van der Waals surface area contributed by atoms with E-state index >= 15 is 0 Å². The number of halogens is 1. The number of nitrogens with one attached hydrogen (secondary N) is 2. The molecule has 1 fully saturated rings. The van der Waals surface area contributed by atoms with Crippen LogP contribution in [-0.4, -0.2) is 40.4 Å². The van der Waals surface area contributed by atoms with Crippen LogP contribution in [0.15, 0.2) is 35.6 Å². The lowest BCUT2D eigenvalue weighted by atomic mass is 10.1. The van der Waals surface area contributed by atoms with Crippen molar-refractivity contribution in [3.05, 3.63) is 47.8 Å². The van der Waals surface area contributed by atoms with E-state index in [4.69, 9.17) is 0 Å². The Hall–Kier alpha value is -2.44. The molecular weight excluding hydrogens is 307 g/mol. The second-order valence-corrected chi connectivity index (χ2v) is 5.91. The standard InChI is InChI=1S/C17H23FN6/c1-3-16-23-21-11-24(16)9-8-20-17(19-2)22-15-10-13(15)12-6-4-5-7-14(12)18/h4-7,11,13,15H,3,8-10H2,1-2H3,(H2,19,20,22). The van der Waals surface area contributed by atoms with Crippen LogP contribution in [0.2, 0.25) is 0 Å². The molecule has 0 radical (unpaired) electrons. The average Bonchev–Trinajstić information content (AvgIpc) is 3.20. The molecule has 1 aliphatic carbocycles. The zero-order valence-corrected chi connectivity index (χ0v) is 14.0. The molecular formula is C17H23FN6. The second-order valence-electron chi connectivity index (χ2n) is 5.91. The van der Waals surface area contributed by atoms with Gasteiger partial charge >= 0.3 is 0 Å². The zero-order valence-electron chi connectivity index (χ0n) is 14.0. The van der Waals surface area contributed by atoms with Crippen LogP contribution < -0.4 is 10.6 Å². The minimum absolute atomic E-state index is 0.130. The van der Waals surface area contributed by atoms with E-state index in [0.717, 1.165) is 43.3 Å². The summed E-state index contributed by atoms with van der Waals surface area (Å²) in [4.78, 5) is 4.24. The highest BCUT2D eigenvalue weighted by molar-refractivity contribution is 5.80. The molecule has 0 bridgehead atoms. The molecule has 2 unspecified atom stereocenters. The summed E-state index contributed by atoms with van der Waals surface area (Å²) >= 11 is 0. The van der Waals surface area contributed by atoms with Gasteiger partial charge in [-0.1, -0.05) is 25.1 Å². The number of hydrogen-bond donors (Lipinski definition) is 2. The summed E-state index contributed by atoms with van der Waals surface area (Å²) in [6.45, 7) is 3.56. The summed E-state index contributed by atoms with van der Waals surface area (Å²) in [5.74, 6) is 1.80. The van der Waals surface area contributed by atoms with Crippen LogP contribution in [0.5, 0.6) is 0 Å². The molecule has 128 valence electrons. The van der Waals surface area contributed by atoms with Crippen molar-refractivity contribution in [2.24, 2.45) is 4.99 Å². The summed E-state index contributed by atoms with van der Waals surface area (Å²) in [5, 5.41) is 14.6. The fraction of sp³-hybridized carbons (Fsp3) is 0.471. The Labute approximate surface area is 141 Å². The Morgan fingerprint density at radius 2 is 2.25 bits per heavy atom. The SMILES string of the molecule is CCc1nncn1CCNC(=NC)NC1CC1c1ccccc1F. The Kier molecular flexibility index (Phi) is 5.08. The number of benzene rings is 1. The molecule has 6 nitrogen and oxygen atoms in total. The molecule has 1 saturated carbocycles. The molecule has 1 aromatic carbocycles. The highest BCUT2D eigenvalue weighted by Crippen LogP contribution is 2.41. The topological polar surface area (TPSA) is 67.1 Å². The Bertz CT molecular complexity index is 711. The lowest BCUT2D eigenvalue weighted by Crippen LogP contribution is -2.40. The number of guanidine groups is 1. The van der Waals surface area contributed by atoms with Gasteiger partial charge in [-0.05, 0) is 18.1 Å². The van der Waals surface area contributed by atoms with E-state index < -0.39 is 0 Å². The van der Waals surface area contributed by atoms with E-state index in [9.17, 15) is 4.39 Å². The Morgan fingerprint density at radius 3 is 3.00 bits per heavy atom. The fourth-order valence-corrected chi connectivity index (χ4v) is 2.88. The van der Waals surface area contributed by atoms with Crippen molar-refractivity contribution in [1.29, 1.82) is 0 Å². The highest BCUT2D eigenvalue weighted by atomic mass is 19.1. The van der Waals surface area contributed by atoms with Gasteiger partial charge in [-0.15, -0.1) is 10.2 Å². The first kappa shape index (κ1) is 16.4. The zero-order chi connectivity index (χ0) is 16.9. The average molecular weight is 330 g/mol. The molecule has 1 heterocycles. The molecule has 0 spiro atoms. The smallest absolute Gasteiger partial charge is 0.191 e. The minimum Gasteiger partial charge on any atom is -0.355 e. The van der Waals surface area contributed by atoms with Gasteiger partial charge in [-0.25, -0.2) is 4.39 Å². The first-order valence-electron chi connectivity index (χ1n) is 8.31. The maximum absolute atomic E-state index is 13.8. The molecule has 2 N–H and O–H groups in total. The predicted octanol–water partition coefficient (Wildman–Crippen LogP) is 1.70. The third-order valence-corrected chi connectivity index (χ3v) is 4.30. The molecule has 2 aromatic rings. The Morgan fingerprint density at radius 1 is 1.42 bits per heavy atom.